The van der Waals surface area contributed by atoms with Gasteiger partial charge >= 0.3 is 12.0 Å². The highest BCUT2D eigenvalue weighted by molar-refractivity contribution is 9.10. The van der Waals surface area contributed by atoms with Crippen LogP contribution in [0.4, 0.5) is 4.79 Å². The Balaban J connectivity index is 2.42. The lowest BCUT2D eigenvalue weighted by molar-refractivity contribution is -0.139. The SMILES string of the molecule is CC(C)CC(NC(=O)NCc1cc(Br)cs1)C(=O)O. The Labute approximate surface area is 124 Å². The highest BCUT2D eigenvalue weighted by Crippen LogP contribution is 2.19. The van der Waals surface area contributed by atoms with Gasteiger partial charge in [-0.15, -0.1) is 11.3 Å². The largest absolute Gasteiger partial charge is 0.480 e. The number of halogens is 1. The van der Waals surface area contributed by atoms with Crippen molar-refractivity contribution in [3.05, 3.63) is 20.8 Å². The first-order valence-electron chi connectivity index (χ1n) is 5.88. The van der Waals surface area contributed by atoms with E-state index in [0.29, 0.717) is 13.0 Å². The van der Waals surface area contributed by atoms with E-state index in [1.54, 1.807) is 0 Å². The molecule has 3 N–H and O–H groups in total. The van der Waals surface area contributed by atoms with E-state index < -0.39 is 18.0 Å². The third-order valence-electron chi connectivity index (χ3n) is 2.36. The summed E-state index contributed by atoms with van der Waals surface area (Å²) in [5, 5.41) is 16.1. The van der Waals surface area contributed by atoms with Crippen LogP contribution in [-0.4, -0.2) is 23.1 Å². The molecule has 0 saturated heterocycles. The van der Waals surface area contributed by atoms with Gasteiger partial charge in [0.25, 0.3) is 0 Å². The van der Waals surface area contributed by atoms with Gasteiger partial charge in [-0.3, -0.25) is 0 Å². The predicted octanol–water partition coefficient (Wildman–Crippen LogP) is 2.81. The molecular weight excluding hydrogens is 332 g/mol. The molecule has 0 aliphatic rings. The summed E-state index contributed by atoms with van der Waals surface area (Å²) in [5.41, 5.74) is 0. The molecule has 5 nitrogen and oxygen atoms in total. The quantitative estimate of drug-likeness (QED) is 0.739. The van der Waals surface area contributed by atoms with Crippen LogP contribution in [-0.2, 0) is 11.3 Å². The molecule has 2 amide bonds. The van der Waals surface area contributed by atoms with Crippen LogP contribution in [0.2, 0.25) is 0 Å². The average molecular weight is 349 g/mol. The van der Waals surface area contributed by atoms with E-state index in [2.05, 4.69) is 26.6 Å². The van der Waals surface area contributed by atoms with Gasteiger partial charge in [0, 0.05) is 14.7 Å². The van der Waals surface area contributed by atoms with Crippen molar-refractivity contribution in [1.29, 1.82) is 0 Å². The highest BCUT2D eigenvalue weighted by atomic mass is 79.9. The van der Waals surface area contributed by atoms with Gasteiger partial charge in [0.2, 0.25) is 0 Å². The monoisotopic (exact) mass is 348 g/mol. The molecule has 0 aromatic carbocycles. The van der Waals surface area contributed by atoms with E-state index in [9.17, 15) is 9.59 Å². The summed E-state index contributed by atoms with van der Waals surface area (Å²) in [6.07, 6.45) is 0.410. The second-order valence-corrected chi connectivity index (χ2v) is 6.49. The molecule has 106 valence electrons. The van der Waals surface area contributed by atoms with Crippen molar-refractivity contribution >= 4 is 39.3 Å². The first kappa shape index (κ1) is 16.0. The fraction of sp³-hybridized carbons (Fsp3) is 0.500. The molecule has 0 aliphatic carbocycles. The molecule has 0 saturated carbocycles. The molecule has 1 rings (SSSR count). The van der Waals surface area contributed by atoms with Crippen molar-refractivity contribution in [2.45, 2.75) is 32.9 Å². The van der Waals surface area contributed by atoms with Gasteiger partial charge in [0.15, 0.2) is 0 Å². The zero-order valence-corrected chi connectivity index (χ0v) is 13.2. The third-order valence-corrected chi connectivity index (χ3v) is 4.05. The standard InChI is InChI=1S/C12H17BrN2O3S/c1-7(2)3-10(11(16)17)15-12(18)14-5-9-4-8(13)6-19-9/h4,6-7,10H,3,5H2,1-2H3,(H,16,17)(H2,14,15,18). The van der Waals surface area contributed by atoms with Gasteiger partial charge in [-0.25, -0.2) is 9.59 Å². The van der Waals surface area contributed by atoms with E-state index in [4.69, 9.17) is 5.11 Å². The maximum absolute atomic E-state index is 11.6. The molecule has 1 atom stereocenters. The number of urea groups is 1. The lowest BCUT2D eigenvalue weighted by Crippen LogP contribution is -2.46. The van der Waals surface area contributed by atoms with Crippen molar-refractivity contribution in [3.63, 3.8) is 0 Å². The number of aliphatic carboxylic acids is 1. The second-order valence-electron chi connectivity index (χ2n) is 4.58. The molecular formula is C12H17BrN2O3S. The van der Waals surface area contributed by atoms with Crippen molar-refractivity contribution in [2.75, 3.05) is 0 Å². The number of carboxylic acids is 1. The molecule has 1 unspecified atom stereocenters. The molecule has 7 heteroatoms. The molecule has 0 bridgehead atoms. The van der Waals surface area contributed by atoms with Gasteiger partial charge in [-0.2, -0.15) is 0 Å². The number of hydrogen-bond acceptors (Lipinski definition) is 3. The van der Waals surface area contributed by atoms with E-state index in [1.807, 2.05) is 25.3 Å². The first-order chi connectivity index (χ1) is 8.88. The van der Waals surface area contributed by atoms with Crippen molar-refractivity contribution in [3.8, 4) is 0 Å². The number of carbonyl (C=O) groups is 2. The Hall–Kier alpha value is -1.08. The molecule has 1 aromatic rings. The van der Waals surface area contributed by atoms with Gasteiger partial charge < -0.3 is 15.7 Å². The fourth-order valence-corrected chi connectivity index (χ4v) is 2.91. The van der Waals surface area contributed by atoms with Gasteiger partial charge in [0.1, 0.15) is 6.04 Å². The molecule has 1 heterocycles. The highest BCUT2D eigenvalue weighted by Gasteiger charge is 2.20. The molecule has 0 spiro atoms. The van der Waals surface area contributed by atoms with Crippen molar-refractivity contribution < 1.29 is 14.7 Å². The molecule has 0 aliphatic heterocycles. The summed E-state index contributed by atoms with van der Waals surface area (Å²) < 4.78 is 0.970. The zero-order chi connectivity index (χ0) is 14.4. The van der Waals surface area contributed by atoms with Crippen LogP contribution in [0.25, 0.3) is 0 Å². The zero-order valence-electron chi connectivity index (χ0n) is 10.8. The van der Waals surface area contributed by atoms with Crippen LogP contribution in [0.15, 0.2) is 15.9 Å². The minimum Gasteiger partial charge on any atom is -0.480 e. The van der Waals surface area contributed by atoms with Crippen LogP contribution < -0.4 is 10.6 Å². The Morgan fingerprint density at radius 2 is 2.16 bits per heavy atom. The summed E-state index contributed by atoms with van der Waals surface area (Å²) >= 11 is 4.85. The van der Waals surface area contributed by atoms with Crippen molar-refractivity contribution in [1.82, 2.24) is 10.6 Å². The minimum atomic E-state index is -1.01. The fourth-order valence-electron chi connectivity index (χ4n) is 1.52. The molecule has 0 radical (unpaired) electrons. The van der Waals surface area contributed by atoms with Crippen LogP contribution >= 0.6 is 27.3 Å². The number of thiophene rings is 1. The molecule has 19 heavy (non-hydrogen) atoms. The summed E-state index contributed by atoms with van der Waals surface area (Å²) in [4.78, 5) is 23.6. The first-order valence-corrected chi connectivity index (χ1v) is 7.55. The van der Waals surface area contributed by atoms with Crippen LogP contribution in [0, 0.1) is 5.92 Å². The number of carbonyl (C=O) groups excluding carboxylic acids is 1. The van der Waals surface area contributed by atoms with Crippen LogP contribution in [0.5, 0.6) is 0 Å². The number of hydrogen-bond donors (Lipinski definition) is 3. The Morgan fingerprint density at radius 1 is 1.47 bits per heavy atom. The van der Waals surface area contributed by atoms with E-state index in [1.165, 1.54) is 11.3 Å². The summed E-state index contributed by atoms with van der Waals surface area (Å²) in [7, 11) is 0. The average Bonchev–Trinajstić information content (AvgIpc) is 2.71. The minimum absolute atomic E-state index is 0.203. The van der Waals surface area contributed by atoms with Crippen LogP contribution in [0.1, 0.15) is 25.1 Å². The third kappa shape index (κ3) is 6.07. The van der Waals surface area contributed by atoms with Gasteiger partial charge in [0.05, 0.1) is 6.54 Å². The maximum Gasteiger partial charge on any atom is 0.326 e. The molecule has 1 aromatic heterocycles. The Kier molecular flexibility index (Phi) is 6.30. The molecule has 0 fully saturated rings. The van der Waals surface area contributed by atoms with Crippen molar-refractivity contribution in [2.24, 2.45) is 5.92 Å². The topological polar surface area (TPSA) is 78.4 Å². The van der Waals surface area contributed by atoms with E-state index >= 15 is 0 Å². The Morgan fingerprint density at radius 3 is 2.63 bits per heavy atom. The van der Waals surface area contributed by atoms with E-state index in [0.717, 1.165) is 9.35 Å². The normalized spacial score (nSPS) is 12.2. The van der Waals surface area contributed by atoms with Crippen LogP contribution in [0.3, 0.4) is 0 Å². The van der Waals surface area contributed by atoms with E-state index in [-0.39, 0.29) is 5.92 Å². The number of amides is 2. The summed E-state index contributed by atoms with van der Waals surface area (Å²) in [5.74, 6) is -0.808. The Bertz CT molecular complexity index is 448. The lowest BCUT2D eigenvalue weighted by Gasteiger charge is -2.16. The smallest absolute Gasteiger partial charge is 0.326 e. The maximum atomic E-state index is 11.6. The predicted molar refractivity (Wildman–Crippen MR) is 78.3 cm³/mol. The number of rotatable bonds is 6. The summed E-state index contributed by atoms with van der Waals surface area (Å²) in [6, 6.07) is 0.598. The summed E-state index contributed by atoms with van der Waals surface area (Å²) in [6.45, 7) is 4.22. The second kappa shape index (κ2) is 7.49. The number of carboxylic acid groups (broad SMARTS) is 1. The lowest BCUT2D eigenvalue weighted by atomic mass is 10.0. The number of nitrogens with one attached hydrogen (secondary N) is 2. The van der Waals surface area contributed by atoms with Gasteiger partial charge in [-0.1, -0.05) is 13.8 Å². The van der Waals surface area contributed by atoms with Gasteiger partial charge in [-0.05, 0) is 34.3 Å².